The third kappa shape index (κ3) is 8.35. The molecule has 8 rings (SSSR count). The summed E-state index contributed by atoms with van der Waals surface area (Å²) in [7, 11) is 0. The number of anilines is 1. The number of nitrogens with one attached hydrogen (secondary N) is 1. The highest BCUT2D eigenvalue weighted by atomic mass is 16.2. The van der Waals surface area contributed by atoms with Crippen LogP contribution in [0.5, 0.6) is 0 Å². The van der Waals surface area contributed by atoms with Gasteiger partial charge in [0.25, 0.3) is 23.6 Å². The fourth-order valence-corrected chi connectivity index (χ4v) is 9.08. The normalized spacial score (nSPS) is 13.7. The van der Waals surface area contributed by atoms with Gasteiger partial charge < -0.3 is 5.32 Å². The number of amides is 4. The van der Waals surface area contributed by atoms with Gasteiger partial charge >= 0.3 is 0 Å². The van der Waals surface area contributed by atoms with E-state index < -0.39 is 0 Å². The van der Waals surface area contributed by atoms with Crippen LogP contribution in [0.3, 0.4) is 0 Å². The molecule has 0 bridgehead atoms. The summed E-state index contributed by atoms with van der Waals surface area (Å²) in [5.41, 5.74) is 4.67. The van der Waals surface area contributed by atoms with Gasteiger partial charge in [0.2, 0.25) is 12.7 Å². The summed E-state index contributed by atoms with van der Waals surface area (Å²) in [6.45, 7) is 9.28. The Kier molecular flexibility index (Phi) is 12.5. The average molecular weight is 808 g/mol. The van der Waals surface area contributed by atoms with Crippen molar-refractivity contribution < 1.29 is 28.3 Å². The monoisotopic (exact) mass is 807 g/mol. The molecule has 0 unspecified atom stereocenters. The number of imidazole rings is 2. The number of rotatable bonds is 21. The maximum absolute atomic E-state index is 12.9. The maximum atomic E-state index is 12.9. The van der Waals surface area contributed by atoms with Crippen LogP contribution in [0, 0.1) is 0 Å². The molecule has 0 saturated heterocycles. The van der Waals surface area contributed by atoms with Gasteiger partial charge in [-0.15, -0.1) is 0 Å². The molecule has 0 spiro atoms. The van der Waals surface area contributed by atoms with Crippen molar-refractivity contribution >= 4 is 50.9 Å². The predicted octanol–water partition coefficient (Wildman–Crippen LogP) is 7.97. The van der Waals surface area contributed by atoms with Crippen LogP contribution in [0.1, 0.15) is 119 Å². The standard InChI is InChI=1S/C49H56N7O4/c1-3-55-46(57)39-19-14-17-37-36(21-22-41(44(37)39)48(55)59)16-8-5-6-10-26-51-30-32-53(34-51)28-12-13-29-54-33-31-52(35-54)27-11-7-9-25-50-43-24-23-42-45-38(43)18-15-20-40(45)47(58)56(4-2)49(42)60/h14-15,17-24,30-35H,3-13,16,25-29H2,1-2H3/q+1/p+1. The number of hydrogen-bond acceptors (Lipinski definition) is 5. The van der Waals surface area contributed by atoms with Crippen molar-refractivity contribution in [2.24, 2.45) is 0 Å². The zero-order chi connectivity index (χ0) is 41.6. The maximum Gasteiger partial charge on any atom is 0.261 e. The Bertz CT molecular complexity index is 2330. The number of aromatic nitrogens is 4. The van der Waals surface area contributed by atoms with Gasteiger partial charge in [0.05, 0.1) is 26.2 Å². The molecule has 6 aromatic rings. The third-order valence-corrected chi connectivity index (χ3v) is 12.3. The van der Waals surface area contributed by atoms with E-state index in [2.05, 4.69) is 73.2 Å². The van der Waals surface area contributed by atoms with Gasteiger partial charge in [-0.25, -0.2) is 18.3 Å². The van der Waals surface area contributed by atoms with Crippen LogP contribution >= 0.6 is 0 Å². The molecule has 310 valence electrons. The number of carbonyl (C=O) groups excluding carboxylic acids is 4. The lowest BCUT2D eigenvalue weighted by atomic mass is 9.90. The van der Waals surface area contributed by atoms with Crippen LogP contribution < -0.4 is 14.5 Å². The molecular formula is C49H57N7O4+2. The lowest BCUT2D eigenvalue weighted by molar-refractivity contribution is -0.697. The lowest BCUT2D eigenvalue weighted by Crippen LogP contribution is -2.40. The van der Waals surface area contributed by atoms with Crippen molar-refractivity contribution in [2.45, 2.75) is 104 Å². The van der Waals surface area contributed by atoms with Gasteiger partial charge in [-0.05, 0) is 113 Å². The zero-order valence-corrected chi connectivity index (χ0v) is 35.1. The SMILES string of the molecule is CCN1C(=O)c2cccc3c(CCCCCC[n+]4ccn(CCCCn5cc[n+](CCCCCNc6ccc7c8c(cccc68)C(=O)N(CC)C7=O)c5)c4)ccc(c23)C1=O. The van der Waals surface area contributed by atoms with E-state index >= 15 is 0 Å². The molecular weight excluding hydrogens is 751 g/mol. The van der Waals surface area contributed by atoms with Gasteiger partial charge in [0.15, 0.2) is 0 Å². The Morgan fingerprint density at radius 1 is 0.517 bits per heavy atom. The molecule has 0 saturated carbocycles. The molecule has 0 fully saturated rings. The van der Waals surface area contributed by atoms with E-state index in [0.29, 0.717) is 35.3 Å². The van der Waals surface area contributed by atoms with Gasteiger partial charge in [-0.3, -0.25) is 29.0 Å². The molecule has 2 aliphatic heterocycles. The zero-order valence-electron chi connectivity index (χ0n) is 35.1. The molecule has 11 nitrogen and oxygen atoms in total. The molecule has 0 aliphatic carbocycles. The Balaban J connectivity index is 0.691. The first-order chi connectivity index (χ1) is 29.4. The highest BCUT2D eigenvalue weighted by molar-refractivity contribution is 6.27. The summed E-state index contributed by atoms with van der Waals surface area (Å²) in [6.07, 6.45) is 24.1. The van der Waals surface area contributed by atoms with Crippen LogP contribution in [-0.2, 0) is 32.6 Å². The van der Waals surface area contributed by atoms with E-state index in [9.17, 15) is 19.2 Å². The minimum Gasteiger partial charge on any atom is -0.385 e. The molecule has 11 heteroatoms. The Morgan fingerprint density at radius 3 is 1.60 bits per heavy atom. The van der Waals surface area contributed by atoms with E-state index in [1.54, 1.807) is 0 Å². The van der Waals surface area contributed by atoms with E-state index in [4.69, 9.17) is 0 Å². The second-order valence-electron chi connectivity index (χ2n) is 16.2. The summed E-state index contributed by atoms with van der Waals surface area (Å²) in [6, 6.07) is 19.4. The number of unbranched alkanes of at least 4 members (excludes halogenated alkanes) is 6. The highest BCUT2D eigenvalue weighted by Crippen LogP contribution is 2.35. The van der Waals surface area contributed by atoms with Crippen LogP contribution in [0.25, 0.3) is 21.5 Å². The van der Waals surface area contributed by atoms with E-state index in [-0.39, 0.29) is 23.6 Å². The fraction of sp³-hybridized carbons (Fsp3) is 0.388. The van der Waals surface area contributed by atoms with E-state index in [0.717, 1.165) is 124 Å². The lowest BCUT2D eigenvalue weighted by Gasteiger charge is -2.26. The minimum atomic E-state index is -0.213. The summed E-state index contributed by atoms with van der Waals surface area (Å²) in [4.78, 5) is 54.4. The Labute approximate surface area is 352 Å². The second kappa shape index (κ2) is 18.4. The van der Waals surface area contributed by atoms with Crippen molar-refractivity contribution in [3.8, 4) is 0 Å². The van der Waals surface area contributed by atoms with E-state index in [1.807, 2.05) is 62.4 Å². The fourth-order valence-electron chi connectivity index (χ4n) is 9.08. The topological polar surface area (TPSA) is 104 Å². The van der Waals surface area contributed by atoms with E-state index in [1.165, 1.54) is 15.4 Å². The summed E-state index contributed by atoms with van der Waals surface area (Å²) in [5, 5.41) is 7.12. The molecule has 4 aromatic carbocycles. The van der Waals surface area contributed by atoms with Crippen LogP contribution in [0.15, 0.2) is 98.1 Å². The number of imide groups is 2. The molecule has 4 heterocycles. The predicted molar refractivity (Wildman–Crippen MR) is 233 cm³/mol. The Hall–Kier alpha value is -6.10. The number of aryl methyl sites for hydroxylation is 5. The van der Waals surface area contributed by atoms with Crippen LogP contribution in [0.2, 0.25) is 0 Å². The Morgan fingerprint density at radius 2 is 1.02 bits per heavy atom. The molecule has 2 aromatic heterocycles. The van der Waals surface area contributed by atoms with Gasteiger partial charge in [-0.1, -0.05) is 36.8 Å². The molecule has 1 N–H and O–H groups in total. The minimum absolute atomic E-state index is 0.187. The first-order valence-corrected chi connectivity index (χ1v) is 22.0. The largest absolute Gasteiger partial charge is 0.385 e. The first-order valence-electron chi connectivity index (χ1n) is 22.0. The van der Waals surface area contributed by atoms with Gasteiger partial charge in [0.1, 0.15) is 24.8 Å². The number of benzene rings is 4. The van der Waals surface area contributed by atoms with Crippen molar-refractivity contribution in [3.05, 3.63) is 126 Å². The van der Waals surface area contributed by atoms with Gasteiger partial charge in [0, 0.05) is 63.7 Å². The quantitative estimate of drug-likeness (QED) is 0.0452. The second-order valence-corrected chi connectivity index (χ2v) is 16.2. The molecule has 4 amide bonds. The summed E-state index contributed by atoms with van der Waals surface area (Å²) in [5.74, 6) is -0.800. The first kappa shape index (κ1) is 40.7. The van der Waals surface area contributed by atoms with Crippen molar-refractivity contribution in [2.75, 3.05) is 25.0 Å². The van der Waals surface area contributed by atoms with Crippen molar-refractivity contribution in [3.63, 3.8) is 0 Å². The molecule has 60 heavy (non-hydrogen) atoms. The number of hydrogen-bond donors (Lipinski definition) is 1. The third-order valence-electron chi connectivity index (χ3n) is 12.3. The summed E-state index contributed by atoms with van der Waals surface area (Å²) >= 11 is 0. The van der Waals surface area contributed by atoms with Crippen molar-refractivity contribution in [1.29, 1.82) is 0 Å². The molecule has 2 aliphatic rings. The average Bonchev–Trinajstić information content (AvgIpc) is 3.93. The highest BCUT2D eigenvalue weighted by Gasteiger charge is 2.33. The number of carbonyl (C=O) groups is 4. The van der Waals surface area contributed by atoms with Crippen LogP contribution in [0.4, 0.5) is 5.69 Å². The van der Waals surface area contributed by atoms with Gasteiger partial charge in [-0.2, -0.15) is 0 Å². The van der Waals surface area contributed by atoms with Crippen molar-refractivity contribution in [1.82, 2.24) is 18.9 Å². The summed E-state index contributed by atoms with van der Waals surface area (Å²) < 4.78 is 9.17. The number of nitrogens with zero attached hydrogens (tertiary/aromatic N) is 6. The molecule has 0 radical (unpaired) electrons. The smallest absolute Gasteiger partial charge is 0.261 e. The van der Waals surface area contributed by atoms with Crippen LogP contribution in [-0.4, -0.2) is 62.2 Å². The molecule has 0 atom stereocenters.